The van der Waals surface area contributed by atoms with E-state index < -0.39 is 15.1 Å². The second-order valence-electron chi connectivity index (χ2n) is 5.20. The summed E-state index contributed by atoms with van der Waals surface area (Å²) in [6.45, 7) is 3.69. The maximum absolute atomic E-state index is 12.7. The Labute approximate surface area is 119 Å². The second-order valence-corrected chi connectivity index (χ2v) is 7.37. The topological polar surface area (TPSA) is 66.4 Å². The van der Waals surface area contributed by atoms with E-state index in [-0.39, 0.29) is 12.5 Å². The number of hydrogen-bond donors (Lipinski definition) is 2. The van der Waals surface area contributed by atoms with Crippen LogP contribution in [0.15, 0.2) is 47.4 Å². The van der Waals surface area contributed by atoms with Crippen LogP contribution in [0, 0.1) is 5.92 Å². The number of fused-ring (bicyclic) bond motifs is 1. The number of rotatable bonds is 5. The largest absolute Gasteiger partial charge is 0.317 e. The first-order valence-corrected chi connectivity index (χ1v) is 8.11. The number of sulfone groups is 1. The minimum atomic E-state index is -3.48. The number of hydroxylamine groups is 1. The van der Waals surface area contributed by atoms with Crippen LogP contribution in [0.4, 0.5) is 0 Å². The van der Waals surface area contributed by atoms with Gasteiger partial charge in [0.1, 0.15) is 0 Å². The van der Waals surface area contributed by atoms with E-state index in [1.54, 1.807) is 12.1 Å². The van der Waals surface area contributed by atoms with Gasteiger partial charge in [0, 0.05) is 6.54 Å². The van der Waals surface area contributed by atoms with Crippen molar-refractivity contribution in [3.8, 4) is 0 Å². The molecule has 0 fully saturated rings. The summed E-state index contributed by atoms with van der Waals surface area (Å²) in [4.78, 5) is 0.296. The summed E-state index contributed by atoms with van der Waals surface area (Å²) in [7, 11) is -3.48. The molecule has 0 saturated carbocycles. The third kappa shape index (κ3) is 2.85. The molecule has 0 spiro atoms. The van der Waals surface area contributed by atoms with Gasteiger partial charge in [-0.15, -0.1) is 0 Å². The zero-order chi connectivity index (χ0) is 14.8. The SMILES string of the molecule is CC(C)C(CNO)S(=O)(=O)c1ccc2ccccc2c1. The molecule has 2 N–H and O–H groups in total. The fraction of sp³-hybridized carbons (Fsp3) is 0.333. The molecule has 5 heteroatoms. The average molecular weight is 293 g/mol. The Morgan fingerprint density at radius 3 is 2.35 bits per heavy atom. The highest BCUT2D eigenvalue weighted by atomic mass is 32.2. The van der Waals surface area contributed by atoms with Crippen LogP contribution < -0.4 is 5.48 Å². The highest BCUT2D eigenvalue weighted by molar-refractivity contribution is 7.92. The molecule has 2 aromatic rings. The summed E-state index contributed by atoms with van der Waals surface area (Å²) >= 11 is 0. The minimum absolute atomic E-state index is 0.0207. The quantitative estimate of drug-likeness (QED) is 0.832. The van der Waals surface area contributed by atoms with Crippen molar-refractivity contribution in [2.45, 2.75) is 24.0 Å². The number of nitrogens with one attached hydrogen (secondary N) is 1. The number of benzene rings is 2. The molecule has 1 unspecified atom stereocenters. The predicted molar refractivity (Wildman–Crippen MR) is 79.5 cm³/mol. The van der Waals surface area contributed by atoms with Gasteiger partial charge in [0.25, 0.3) is 0 Å². The smallest absolute Gasteiger partial charge is 0.182 e. The molecule has 0 aliphatic heterocycles. The predicted octanol–water partition coefficient (Wildman–Crippen LogP) is 2.62. The van der Waals surface area contributed by atoms with Crippen molar-refractivity contribution in [2.75, 3.05) is 6.54 Å². The van der Waals surface area contributed by atoms with Gasteiger partial charge in [-0.2, -0.15) is 0 Å². The molecule has 20 heavy (non-hydrogen) atoms. The Balaban J connectivity index is 2.50. The van der Waals surface area contributed by atoms with Gasteiger partial charge in [-0.05, 0) is 28.8 Å². The van der Waals surface area contributed by atoms with Crippen LogP contribution in [0.1, 0.15) is 13.8 Å². The lowest BCUT2D eigenvalue weighted by molar-refractivity contribution is 0.162. The summed E-state index contributed by atoms with van der Waals surface area (Å²) in [6, 6.07) is 12.8. The molecule has 1 atom stereocenters. The third-order valence-electron chi connectivity index (χ3n) is 3.48. The first-order chi connectivity index (χ1) is 9.46. The van der Waals surface area contributed by atoms with Crippen molar-refractivity contribution in [3.63, 3.8) is 0 Å². The number of hydrogen-bond acceptors (Lipinski definition) is 4. The normalized spacial score (nSPS) is 13.8. The van der Waals surface area contributed by atoms with Crippen molar-refractivity contribution < 1.29 is 13.6 Å². The van der Waals surface area contributed by atoms with Crippen LogP contribution in [-0.4, -0.2) is 25.4 Å². The van der Waals surface area contributed by atoms with Crippen molar-refractivity contribution in [1.29, 1.82) is 0 Å². The molecule has 0 heterocycles. The standard InChI is InChI=1S/C15H19NO3S/c1-11(2)15(10-16-17)20(18,19)14-8-7-12-5-3-4-6-13(12)9-14/h3-9,11,15-17H,10H2,1-2H3. The van der Waals surface area contributed by atoms with Gasteiger partial charge < -0.3 is 5.21 Å². The zero-order valence-corrected chi connectivity index (χ0v) is 12.4. The van der Waals surface area contributed by atoms with E-state index in [0.717, 1.165) is 10.8 Å². The van der Waals surface area contributed by atoms with E-state index in [2.05, 4.69) is 0 Å². The van der Waals surface area contributed by atoms with E-state index in [1.165, 1.54) is 0 Å². The Bertz CT molecular complexity index is 695. The van der Waals surface area contributed by atoms with Crippen LogP contribution in [0.25, 0.3) is 10.8 Å². The molecule has 0 aliphatic rings. The Kier molecular flexibility index (Phi) is 4.42. The monoisotopic (exact) mass is 293 g/mol. The van der Waals surface area contributed by atoms with Gasteiger partial charge in [0.2, 0.25) is 0 Å². The fourth-order valence-corrected chi connectivity index (χ4v) is 4.22. The zero-order valence-electron chi connectivity index (χ0n) is 11.6. The van der Waals surface area contributed by atoms with Crippen LogP contribution in [0.2, 0.25) is 0 Å². The van der Waals surface area contributed by atoms with Gasteiger partial charge in [-0.3, -0.25) is 0 Å². The summed E-state index contributed by atoms with van der Waals surface area (Å²) in [5.74, 6) is -0.0916. The summed E-state index contributed by atoms with van der Waals surface area (Å²) in [5.41, 5.74) is 1.98. The lowest BCUT2D eigenvalue weighted by Gasteiger charge is -2.20. The Hall–Kier alpha value is -1.43. The van der Waals surface area contributed by atoms with Crippen molar-refractivity contribution in [3.05, 3.63) is 42.5 Å². The molecule has 0 amide bonds. The first kappa shape index (κ1) is 15.0. The molecule has 0 radical (unpaired) electrons. The molecule has 0 saturated heterocycles. The molecule has 0 aliphatic carbocycles. The van der Waals surface area contributed by atoms with E-state index in [4.69, 9.17) is 5.21 Å². The molecule has 0 bridgehead atoms. The van der Waals surface area contributed by atoms with Crippen LogP contribution in [-0.2, 0) is 9.84 Å². The lowest BCUT2D eigenvalue weighted by atomic mass is 10.1. The van der Waals surface area contributed by atoms with Crippen LogP contribution in [0.3, 0.4) is 0 Å². The second kappa shape index (κ2) is 5.91. The minimum Gasteiger partial charge on any atom is -0.317 e. The molecule has 2 rings (SSSR count). The van der Waals surface area contributed by atoms with Gasteiger partial charge in [-0.25, -0.2) is 13.9 Å². The summed E-state index contributed by atoms with van der Waals surface area (Å²) < 4.78 is 25.3. The van der Waals surface area contributed by atoms with Crippen LogP contribution in [0.5, 0.6) is 0 Å². The molecule has 4 nitrogen and oxygen atoms in total. The Morgan fingerprint density at radius 1 is 1.10 bits per heavy atom. The first-order valence-electron chi connectivity index (χ1n) is 6.56. The van der Waals surface area contributed by atoms with Crippen molar-refractivity contribution in [2.24, 2.45) is 5.92 Å². The molecule has 0 aromatic heterocycles. The van der Waals surface area contributed by atoms with E-state index >= 15 is 0 Å². The maximum Gasteiger partial charge on any atom is 0.182 e. The van der Waals surface area contributed by atoms with Gasteiger partial charge >= 0.3 is 0 Å². The lowest BCUT2D eigenvalue weighted by Crippen LogP contribution is -2.36. The maximum atomic E-state index is 12.7. The van der Waals surface area contributed by atoms with Gasteiger partial charge in [0.05, 0.1) is 10.1 Å². The molecule has 108 valence electrons. The molecular weight excluding hydrogens is 274 g/mol. The van der Waals surface area contributed by atoms with E-state index in [0.29, 0.717) is 4.90 Å². The van der Waals surface area contributed by atoms with Crippen molar-refractivity contribution >= 4 is 20.6 Å². The highest BCUT2D eigenvalue weighted by Crippen LogP contribution is 2.25. The van der Waals surface area contributed by atoms with Crippen LogP contribution >= 0.6 is 0 Å². The fourth-order valence-electron chi connectivity index (χ4n) is 2.31. The van der Waals surface area contributed by atoms with Gasteiger partial charge in [0.15, 0.2) is 9.84 Å². The van der Waals surface area contributed by atoms with E-state index in [1.807, 2.05) is 49.7 Å². The van der Waals surface area contributed by atoms with Gasteiger partial charge in [-0.1, -0.05) is 44.2 Å². The summed E-state index contributed by atoms with van der Waals surface area (Å²) in [6.07, 6.45) is 0. The summed E-state index contributed by atoms with van der Waals surface area (Å²) in [5, 5.41) is 10.1. The third-order valence-corrected chi connectivity index (χ3v) is 5.90. The molecule has 2 aromatic carbocycles. The van der Waals surface area contributed by atoms with Crippen molar-refractivity contribution in [1.82, 2.24) is 5.48 Å². The molecular formula is C15H19NO3S. The Morgan fingerprint density at radius 2 is 1.75 bits per heavy atom. The average Bonchev–Trinajstić information content (AvgIpc) is 2.43. The highest BCUT2D eigenvalue weighted by Gasteiger charge is 2.30. The van der Waals surface area contributed by atoms with E-state index in [9.17, 15) is 8.42 Å².